The Balaban J connectivity index is 1.84. The quantitative estimate of drug-likeness (QED) is 0.467. The summed E-state index contributed by atoms with van der Waals surface area (Å²) < 4.78 is 74.7. The summed E-state index contributed by atoms with van der Waals surface area (Å²) >= 11 is 0. The first-order chi connectivity index (χ1) is 14.9. The minimum absolute atomic E-state index is 0.204. The normalized spacial score (nSPS) is 19.4. The molecule has 0 saturated carbocycles. The topological polar surface area (TPSA) is 67.8 Å². The van der Waals surface area contributed by atoms with Gasteiger partial charge in [-0.25, -0.2) is 20.3 Å². The van der Waals surface area contributed by atoms with Gasteiger partial charge in [-0.1, -0.05) is 0 Å². The monoisotopic (exact) mass is 453 g/mol. The Morgan fingerprint density at radius 3 is 2.62 bits per heavy atom. The van der Waals surface area contributed by atoms with Crippen LogP contribution in [0.4, 0.5) is 27.8 Å². The van der Waals surface area contributed by atoms with E-state index in [0.717, 1.165) is 0 Å². The smallest absolute Gasteiger partial charge is 0.419 e. The van der Waals surface area contributed by atoms with E-state index in [-0.39, 0.29) is 23.7 Å². The van der Waals surface area contributed by atoms with Gasteiger partial charge in [0.15, 0.2) is 17.4 Å². The van der Waals surface area contributed by atoms with Crippen LogP contribution in [0.5, 0.6) is 5.75 Å². The summed E-state index contributed by atoms with van der Waals surface area (Å²) in [6.45, 7) is 9.96. The van der Waals surface area contributed by atoms with Gasteiger partial charge in [0, 0.05) is 43.7 Å². The number of nitrogens with zero attached hydrogens (tertiary/aromatic N) is 5. The van der Waals surface area contributed by atoms with E-state index >= 15 is 0 Å². The lowest BCUT2D eigenvalue weighted by molar-refractivity contribution is -0.140. The van der Waals surface area contributed by atoms with Crippen LogP contribution in [0.2, 0.25) is 0 Å². The molecule has 1 N–H and O–H groups in total. The van der Waals surface area contributed by atoms with E-state index in [1.807, 2.05) is 4.90 Å². The molecule has 3 aromatic rings. The van der Waals surface area contributed by atoms with Gasteiger partial charge in [-0.2, -0.15) is 18.3 Å². The third kappa shape index (κ3) is 3.48. The number of aryl methyl sites for hydroxylation is 1. The number of halogens is 5. The number of fused-ring (bicyclic) bond motifs is 1. The van der Waals surface area contributed by atoms with Crippen molar-refractivity contribution < 1.29 is 31.8 Å². The molecule has 0 bridgehead atoms. The lowest BCUT2D eigenvalue weighted by Crippen LogP contribution is -2.48. The second-order valence-corrected chi connectivity index (χ2v) is 7.53. The van der Waals surface area contributed by atoms with Crippen LogP contribution in [-0.2, 0) is 18.0 Å². The Morgan fingerprint density at radius 2 is 1.97 bits per heavy atom. The first-order valence-electron chi connectivity index (χ1n) is 9.34. The number of hydrogen-bond donors (Lipinski definition) is 1. The van der Waals surface area contributed by atoms with Crippen molar-refractivity contribution in [3.63, 3.8) is 0 Å². The van der Waals surface area contributed by atoms with Crippen molar-refractivity contribution in [2.24, 2.45) is 7.05 Å². The van der Waals surface area contributed by atoms with Crippen LogP contribution in [0, 0.1) is 18.2 Å². The molecular formula is C20H16F5N5O2. The number of benzene rings is 1. The van der Waals surface area contributed by atoms with Crippen molar-refractivity contribution in [3.8, 4) is 17.0 Å². The molecule has 1 aliphatic rings. The van der Waals surface area contributed by atoms with Gasteiger partial charge in [0.05, 0.1) is 17.7 Å². The van der Waals surface area contributed by atoms with Crippen molar-refractivity contribution >= 4 is 16.7 Å². The van der Waals surface area contributed by atoms with E-state index in [9.17, 15) is 27.1 Å². The molecular weight excluding hydrogens is 437 g/mol. The van der Waals surface area contributed by atoms with Crippen molar-refractivity contribution in [2.75, 3.05) is 24.6 Å². The molecule has 2 aromatic heterocycles. The second-order valence-electron chi connectivity index (χ2n) is 7.53. The maximum atomic E-state index is 14.6. The number of rotatable bonds is 2. The molecule has 7 nitrogen and oxygen atoms in total. The van der Waals surface area contributed by atoms with E-state index in [4.69, 9.17) is 11.3 Å². The van der Waals surface area contributed by atoms with Gasteiger partial charge in [0.25, 0.3) is 0 Å². The molecule has 4 rings (SSSR count). The molecule has 1 aromatic carbocycles. The van der Waals surface area contributed by atoms with Crippen molar-refractivity contribution in [1.82, 2.24) is 14.8 Å². The van der Waals surface area contributed by atoms with Gasteiger partial charge < -0.3 is 14.7 Å². The number of morpholine rings is 1. The first-order valence-corrected chi connectivity index (χ1v) is 9.34. The average Bonchev–Trinajstić information content (AvgIpc) is 3.07. The number of hydrogen-bond acceptors (Lipinski definition) is 5. The largest absolute Gasteiger partial charge is 0.503 e. The molecule has 0 spiro atoms. The highest BCUT2D eigenvalue weighted by Crippen LogP contribution is 2.41. The molecule has 1 atom stereocenters. The van der Waals surface area contributed by atoms with Crippen molar-refractivity contribution in [2.45, 2.75) is 18.8 Å². The van der Waals surface area contributed by atoms with E-state index in [1.165, 1.54) is 17.9 Å². The van der Waals surface area contributed by atoms with Crippen molar-refractivity contribution in [1.29, 1.82) is 0 Å². The highest BCUT2D eigenvalue weighted by atomic mass is 19.4. The van der Waals surface area contributed by atoms with Crippen LogP contribution < -0.4 is 4.90 Å². The van der Waals surface area contributed by atoms with E-state index in [0.29, 0.717) is 24.5 Å². The first kappa shape index (κ1) is 21.8. The Bertz CT molecular complexity index is 1270. The SMILES string of the molecule is [C-]#[N+]C1(C)CN(c2cc3c(cn2)c(-c2cc(C(F)(F)F)c(F)c(O)c2F)nn3C)CCO1. The fourth-order valence-electron chi connectivity index (χ4n) is 3.63. The van der Waals surface area contributed by atoms with Gasteiger partial charge in [-0.3, -0.25) is 9.53 Å². The number of aromatic nitrogens is 3. The highest BCUT2D eigenvalue weighted by molar-refractivity contribution is 5.94. The lowest BCUT2D eigenvalue weighted by Gasteiger charge is -2.33. The maximum Gasteiger partial charge on any atom is 0.419 e. The summed E-state index contributed by atoms with van der Waals surface area (Å²) in [6.07, 6.45) is -3.84. The molecule has 1 unspecified atom stereocenters. The second kappa shape index (κ2) is 7.30. The average molecular weight is 453 g/mol. The standard InChI is InChI=1S/C20H16F5N5O2/c1-19(26-2)9-30(4-5-32-19)14-7-13-11(8-27-14)17(28-29(13)3)10-6-12(20(23,24)25)16(22)18(31)15(10)21/h6-8,31H,4-5,9H2,1,3H3. The Kier molecular flexibility index (Phi) is 4.97. The summed E-state index contributed by atoms with van der Waals surface area (Å²) in [4.78, 5) is 9.61. The zero-order valence-corrected chi connectivity index (χ0v) is 16.8. The highest BCUT2D eigenvalue weighted by Gasteiger charge is 2.39. The molecule has 168 valence electrons. The van der Waals surface area contributed by atoms with Gasteiger partial charge in [-0.15, -0.1) is 0 Å². The van der Waals surface area contributed by atoms with E-state index in [1.54, 1.807) is 13.0 Å². The lowest BCUT2D eigenvalue weighted by atomic mass is 10.0. The number of aromatic hydroxyl groups is 1. The molecule has 0 aliphatic carbocycles. The molecule has 32 heavy (non-hydrogen) atoms. The predicted molar refractivity (Wildman–Crippen MR) is 104 cm³/mol. The molecule has 3 heterocycles. The molecule has 0 amide bonds. The van der Waals surface area contributed by atoms with Crippen molar-refractivity contribution in [3.05, 3.63) is 46.9 Å². The van der Waals surface area contributed by atoms with Crippen LogP contribution in [0.3, 0.4) is 0 Å². The molecule has 1 aliphatic heterocycles. The zero-order chi connectivity index (χ0) is 23.4. The zero-order valence-electron chi connectivity index (χ0n) is 16.8. The third-order valence-electron chi connectivity index (χ3n) is 5.28. The van der Waals surface area contributed by atoms with E-state index < -0.39 is 40.4 Å². The van der Waals surface area contributed by atoms with Gasteiger partial charge >= 0.3 is 11.9 Å². The number of alkyl halides is 3. The molecule has 1 saturated heterocycles. The minimum atomic E-state index is -5.15. The van der Waals surface area contributed by atoms with Crippen LogP contribution in [0.1, 0.15) is 12.5 Å². The third-order valence-corrected chi connectivity index (χ3v) is 5.28. The number of pyridine rings is 1. The Morgan fingerprint density at radius 1 is 1.25 bits per heavy atom. The Labute approximate surface area is 178 Å². The van der Waals surface area contributed by atoms with Gasteiger partial charge in [0.2, 0.25) is 0 Å². The van der Waals surface area contributed by atoms with Gasteiger partial charge in [0.1, 0.15) is 18.1 Å². The van der Waals surface area contributed by atoms with E-state index in [2.05, 4.69) is 14.9 Å². The van der Waals surface area contributed by atoms with Gasteiger partial charge in [-0.05, 0) is 6.07 Å². The molecule has 12 heteroatoms. The molecule has 0 radical (unpaired) electrons. The Hall–Kier alpha value is -3.46. The van der Waals surface area contributed by atoms with Crippen LogP contribution in [-0.4, -0.2) is 45.3 Å². The fourth-order valence-corrected chi connectivity index (χ4v) is 3.63. The summed E-state index contributed by atoms with van der Waals surface area (Å²) in [5.41, 5.74) is -3.37. The van der Waals surface area contributed by atoms with Crippen LogP contribution in [0.15, 0.2) is 18.3 Å². The number of phenolic OH excluding ortho intramolecular Hbond substituents is 1. The summed E-state index contributed by atoms with van der Waals surface area (Å²) in [6, 6.07) is 1.89. The van der Waals surface area contributed by atoms with Crippen LogP contribution >= 0.6 is 0 Å². The predicted octanol–water partition coefficient (Wildman–Crippen LogP) is 4.11. The number of ether oxygens (including phenoxy) is 1. The fraction of sp³-hybridized carbons (Fsp3) is 0.350. The number of anilines is 1. The summed E-state index contributed by atoms with van der Waals surface area (Å²) in [7, 11) is 1.50. The number of phenols is 1. The summed E-state index contributed by atoms with van der Waals surface area (Å²) in [5, 5.41) is 13.9. The molecule has 1 fully saturated rings. The van der Waals surface area contributed by atoms with Crippen LogP contribution in [0.25, 0.3) is 27.0 Å². The maximum absolute atomic E-state index is 14.6. The minimum Gasteiger partial charge on any atom is -0.503 e. The summed E-state index contributed by atoms with van der Waals surface area (Å²) in [5.74, 6) is -4.90.